The molecule has 1 N–H and O–H groups in total. The van der Waals surface area contributed by atoms with E-state index in [0.717, 1.165) is 6.54 Å². The first-order valence-electron chi connectivity index (χ1n) is 7.68. The molecule has 0 amide bonds. The first kappa shape index (κ1) is 19.6. The Morgan fingerprint density at radius 2 is 1.76 bits per heavy atom. The van der Waals surface area contributed by atoms with Gasteiger partial charge in [0.2, 0.25) is 17.6 Å². The highest BCUT2D eigenvalue weighted by atomic mass is 127. The van der Waals surface area contributed by atoms with Crippen LogP contribution in [0.15, 0.2) is 23.1 Å². The van der Waals surface area contributed by atoms with Crippen LogP contribution in [0, 0.1) is 0 Å². The van der Waals surface area contributed by atoms with Crippen molar-refractivity contribution in [2.75, 3.05) is 26.2 Å². The zero-order valence-electron chi connectivity index (χ0n) is 13.1. The van der Waals surface area contributed by atoms with Gasteiger partial charge in [-0.25, -0.2) is 8.42 Å². The Bertz CT molecular complexity index is 811. The van der Waals surface area contributed by atoms with Crippen molar-refractivity contribution in [1.29, 1.82) is 0 Å². The van der Waals surface area contributed by atoms with Gasteiger partial charge in [-0.15, -0.1) is 0 Å². The molecule has 0 aromatic heterocycles. The van der Waals surface area contributed by atoms with Crippen molar-refractivity contribution in [3.05, 3.63) is 29.3 Å². The Balaban J connectivity index is 1.86. The third kappa shape index (κ3) is 3.93. The summed E-state index contributed by atoms with van der Waals surface area (Å²) in [4.78, 5) is 23.5. The fourth-order valence-electron chi connectivity index (χ4n) is 3.15. The fraction of sp³-hybridized carbons (Fsp3) is 0.467. The molecule has 0 atom stereocenters. The van der Waals surface area contributed by atoms with E-state index in [1.54, 1.807) is 45.2 Å². The Morgan fingerprint density at radius 1 is 1.12 bits per heavy atom. The van der Waals surface area contributed by atoms with Gasteiger partial charge < -0.3 is 4.74 Å². The van der Waals surface area contributed by atoms with Crippen LogP contribution >= 0.6 is 45.2 Å². The molecule has 136 valence electrons. The largest absolute Gasteiger partial charge is 0.359 e. The average Bonchev–Trinajstić information content (AvgIpc) is 3.02. The lowest BCUT2D eigenvalue weighted by molar-refractivity contribution is -0.0445. The molecule has 2 saturated heterocycles. The molecule has 1 aromatic carbocycles. The zero-order chi connectivity index (χ0) is 18.2. The number of hydrogen-bond acceptors (Lipinski definition) is 6. The van der Waals surface area contributed by atoms with Gasteiger partial charge in [0.1, 0.15) is 5.72 Å². The van der Waals surface area contributed by atoms with Gasteiger partial charge in [0.15, 0.2) is 0 Å². The molecule has 10 heteroatoms. The summed E-state index contributed by atoms with van der Waals surface area (Å²) in [7, 11) is -3.73. The van der Waals surface area contributed by atoms with Crippen LogP contribution in [0.2, 0.25) is 0 Å². The van der Waals surface area contributed by atoms with Crippen LogP contribution < -0.4 is 5.32 Å². The minimum absolute atomic E-state index is 0.0326. The summed E-state index contributed by atoms with van der Waals surface area (Å²) in [6.45, 7) is 2.10. The molecule has 0 unspecified atom stereocenters. The van der Waals surface area contributed by atoms with Gasteiger partial charge in [-0.05, 0) is 18.2 Å². The standard InChI is InChI=1S/C15H16I2N2O5S/c16-13(20)11-2-1-10(9-12(11)14(17)21)25(22,23)19-6-3-15(4-7-19)18-5-8-24-15/h1-2,9,18H,3-8H2. The first-order chi connectivity index (χ1) is 11.8. The van der Waals surface area contributed by atoms with Gasteiger partial charge in [-0.3, -0.25) is 14.9 Å². The molecule has 0 radical (unpaired) electrons. The lowest BCUT2D eigenvalue weighted by Crippen LogP contribution is -2.52. The minimum Gasteiger partial charge on any atom is -0.359 e. The van der Waals surface area contributed by atoms with Gasteiger partial charge in [-0.2, -0.15) is 4.31 Å². The van der Waals surface area contributed by atoms with Crippen LogP contribution in [0.1, 0.15) is 33.6 Å². The molecule has 1 aromatic rings. The summed E-state index contributed by atoms with van der Waals surface area (Å²) in [6.07, 6.45) is 1.16. The fourth-order valence-corrected chi connectivity index (χ4v) is 5.54. The Morgan fingerprint density at radius 3 is 2.28 bits per heavy atom. The van der Waals surface area contributed by atoms with Crippen molar-refractivity contribution < 1.29 is 22.7 Å². The summed E-state index contributed by atoms with van der Waals surface area (Å²) >= 11 is 3.15. The SMILES string of the molecule is O=C(I)c1ccc(S(=O)(=O)N2CCC3(CC2)NCCO3)cc1C(=O)I. The van der Waals surface area contributed by atoms with Crippen LogP contribution in [0.25, 0.3) is 0 Å². The number of rotatable bonds is 4. The van der Waals surface area contributed by atoms with Crippen LogP contribution in [0.3, 0.4) is 0 Å². The van der Waals surface area contributed by atoms with Gasteiger partial charge in [0.25, 0.3) is 0 Å². The second-order valence-electron chi connectivity index (χ2n) is 5.93. The van der Waals surface area contributed by atoms with Crippen LogP contribution in [-0.4, -0.2) is 52.3 Å². The summed E-state index contributed by atoms with van der Waals surface area (Å²) in [5.74, 6) is 0. The highest BCUT2D eigenvalue weighted by molar-refractivity contribution is 14.1. The van der Waals surface area contributed by atoms with Gasteiger partial charge in [0.05, 0.1) is 11.5 Å². The van der Waals surface area contributed by atoms with Crippen molar-refractivity contribution in [2.24, 2.45) is 0 Å². The monoisotopic (exact) mass is 590 g/mol. The quantitative estimate of drug-likeness (QED) is 0.426. The second kappa shape index (κ2) is 7.46. The summed E-state index contributed by atoms with van der Waals surface area (Å²) in [5.41, 5.74) is -0.0669. The highest BCUT2D eigenvalue weighted by Gasteiger charge is 2.41. The topological polar surface area (TPSA) is 92.8 Å². The molecule has 1 spiro atoms. The smallest absolute Gasteiger partial charge is 0.243 e. The molecule has 0 bridgehead atoms. The molecular weight excluding hydrogens is 574 g/mol. The molecule has 7 nitrogen and oxygen atoms in total. The molecule has 0 saturated carbocycles. The second-order valence-corrected chi connectivity index (χ2v) is 9.83. The number of benzene rings is 1. The Labute approximate surface area is 173 Å². The Kier molecular flexibility index (Phi) is 5.85. The lowest BCUT2D eigenvalue weighted by atomic mass is 10.0. The number of carbonyl (C=O) groups excluding carboxylic acids is 2. The van der Waals surface area contributed by atoms with Crippen molar-refractivity contribution in [3.63, 3.8) is 0 Å². The molecule has 2 heterocycles. The average molecular weight is 590 g/mol. The van der Waals surface area contributed by atoms with Crippen molar-refractivity contribution >= 4 is 62.8 Å². The Hall–Kier alpha value is -0.150. The van der Waals surface area contributed by atoms with Gasteiger partial charge >= 0.3 is 0 Å². The van der Waals surface area contributed by atoms with E-state index in [-0.39, 0.29) is 23.6 Å². The van der Waals surface area contributed by atoms with E-state index in [4.69, 9.17) is 4.74 Å². The minimum atomic E-state index is -3.73. The first-order valence-corrected chi connectivity index (χ1v) is 11.3. The number of hydrogen-bond donors (Lipinski definition) is 1. The maximum absolute atomic E-state index is 12.9. The third-order valence-corrected chi connectivity index (χ3v) is 7.57. The van der Waals surface area contributed by atoms with Crippen LogP contribution in [0.4, 0.5) is 0 Å². The zero-order valence-corrected chi connectivity index (χ0v) is 18.3. The molecule has 2 aliphatic heterocycles. The van der Waals surface area contributed by atoms with Crippen molar-refractivity contribution in [3.8, 4) is 0 Å². The van der Waals surface area contributed by atoms with Crippen LogP contribution in [-0.2, 0) is 14.8 Å². The van der Waals surface area contributed by atoms with E-state index < -0.39 is 15.7 Å². The molecule has 25 heavy (non-hydrogen) atoms. The molecule has 2 fully saturated rings. The highest BCUT2D eigenvalue weighted by Crippen LogP contribution is 2.30. The normalized spacial score (nSPS) is 20.7. The van der Waals surface area contributed by atoms with Crippen molar-refractivity contribution in [1.82, 2.24) is 9.62 Å². The van der Waals surface area contributed by atoms with E-state index in [9.17, 15) is 18.0 Å². The van der Waals surface area contributed by atoms with E-state index in [1.165, 1.54) is 22.5 Å². The molecule has 0 aliphatic carbocycles. The molecule has 3 rings (SSSR count). The van der Waals surface area contributed by atoms with E-state index in [0.29, 0.717) is 32.5 Å². The predicted molar refractivity (Wildman–Crippen MR) is 108 cm³/mol. The number of halogens is 2. The van der Waals surface area contributed by atoms with Crippen molar-refractivity contribution in [2.45, 2.75) is 23.5 Å². The summed E-state index contributed by atoms with van der Waals surface area (Å²) in [5, 5.41) is 3.30. The number of carbonyl (C=O) groups is 2. The number of sulfonamides is 1. The lowest BCUT2D eigenvalue weighted by Gasteiger charge is -2.37. The van der Waals surface area contributed by atoms with Gasteiger partial charge in [-0.1, -0.05) is 0 Å². The number of nitrogens with one attached hydrogen (secondary N) is 1. The van der Waals surface area contributed by atoms with E-state index in [1.807, 2.05) is 0 Å². The van der Waals surface area contributed by atoms with Crippen LogP contribution in [0.5, 0.6) is 0 Å². The number of piperidine rings is 1. The predicted octanol–water partition coefficient (Wildman–Crippen LogP) is 1.94. The third-order valence-electron chi connectivity index (χ3n) is 4.51. The number of nitrogens with zero attached hydrogens (tertiary/aromatic N) is 1. The number of ether oxygens (including phenoxy) is 1. The summed E-state index contributed by atoms with van der Waals surface area (Å²) in [6, 6.07) is 4.09. The van der Waals surface area contributed by atoms with E-state index >= 15 is 0 Å². The molecular formula is C15H16I2N2O5S. The maximum Gasteiger partial charge on any atom is 0.243 e. The van der Waals surface area contributed by atoms with E-state index in [2.05, 4.69) is 5.32 Å². The summed E-state index contributed by atoms with van der Waals surface area (Å²) < 4.78 is 32.3. The molecule has 2 aliphatic rings. The van der Waals surface area contributed by atoms with Gasteiger partial charge in [0, 0.05) is 88.8 Å². The maximum atomic E-state index is 12.9.